The van der Waals surface area contributed by atoms with Crippen LogP contribution in [-0.2, 0) is 0 Å². The van der Waals surface area contributed by atoms with Gasteiger partial charge < -0.3 is 5.73 Å². The fourth-order valence-electron chi connectivity index (χ4n) is 1.42. The summed E-state index contributed by atoms with van der Waals surface area (Å²) in [6.07, 6.45) is 1.44. The van der Waals surface area contributed by atoms with Crippen LogP contribution in [0.3, 0.4) is 0 Å². The fraction of sp³-hybridized carbons (Fsp3) is 0.0833. The molecule has 0 unspecified atom stereocenters. The zero-order valence-corrected chi connectivity index (χ0v) is 8.67. The molecule has 1 aromatic carbocycles. The number of rotatable bonds is 1. The van der Waals surface area contributed by atoms with E-state index in [-0.39, 0.29) is 5.56 Å². The SMILES string of the molecule is Cc1cc(-c2cccc(F)c2F)ncc1N. The number of pyridine rings is 1. The molecule has 0 atom stereocenters. The first kappa shape index (κ1) is 10.5. The van der Waals surface area contributed by atoms with E-state index in [1.807, 2.05) is 0 Å². The van der Waals surface area contributed by atoms with E-state index in [2.05, 4.69) is 4.98 Å². The van der Waals surface area contributed by atoms with Crippen LogP contribution >= 0.6 is 0 Å². The van der Waals surface area contributed by atoms with Gasteiger partial charge in [-0.1, -0.05) is 6.07 Å². The molecule has 1 aromatic heterocycles. The topological polar surface area (TPSA) is 38.9 Å². The van der Waals surface area contributed by atoms with Crippen LogP contribution in [-0.4, -0.2) is 4.98 Å². The molecule has 0 aliphatic heterocycles. The van der Waals surface area contributed by atoms with E-state index in [4.69, 9.17) is 5.73 Å². The molecule has 82 valence electrons. The second-order valence-corrected chi connectivity index (χ2v) is 3.53. The molecule has 0 bridgehead atoms. The van der Waals surface area contributed by atoms with Crippen molar-refractivity contribution >= 4 is 5.69 Å². The summed E-state index contributed by atoms with van der Waals surface area (Å²) in [5.74, 6) is -1.77. The lowest BCUT2D eigenvalue weighted by atomic mass is 10.1. The Morgan fingerprint density at radius 1 is 1.25 bits per heavy atom. The quantitative estimate of drug-likeness (QED) is 0.802. The number of hydrogen-bond acceptors (Lipinski definition) is 2. The molecule has 4 heteroatoms. The van der Waals surface area contributed by atoms with Gasteiger partial charge in [-0.15, -0.1) is 0 Å². The van der Waals surface area contributed by atoms with Gasteiger partial charge in [0.1, 0.15) is 0 Å². The zero-order chi connectivity index (χ0) is 11.7. The summed E-state index contributed by atoms with van der Waals surface area (Å²) in [6, 6.07) is 5.63. The highest BCUT2D eigenvalue weighted by Gasteiger charge is 2.11. The van der Waals surface area contributed by atoms with Crippen LogP contribution in [0.2, 0.25) is 0 Å². The van der Waals surface area contributed by atoms with Crippen LogP contribution in [0.25, 0.3) is 11.3 Å². The van der Waals surface area contributed by atoms with Crippen LogP contribution in [0.15, 0.2) is 30.5 Å². The van der Waals surface area contributed by atoms with E-state index in [1.54, 1.807) is 13.0 Å². The molecule has 0 saturated heterocycles. The van der Waals surface area contributed by atoms with Crippen molar-refractivity contribution in [3.63, 3.8) is 0 Å². The van der Waals surface area contributed by atoms with Crippen LogP contribution in [0.4, 0.5) is 14.5 Å². The van der Waals surface area contributed by atoms with E-state index in [1.165, 1.54) is 18.3 Å². The third kappa shape index (κ3) is 1.74. The summed E-state index contributed by atoms with van der Waals surface area (Å²) < 4.78 is 26.5. The van der Waals surface area contributed by atoms with Crippen LogP contribution in [0, 0.1) is 18.6 Å². The highest BCUT2D eigenvalue weighted by molar-refractivity contribution is 5.63. The van der Waals surface area contributed by atoms with E-state index >= 15 is 0 Å². The van der Waals surface area contributed by atoms with Crippen molar-refractivity contribution in [2.45, 2.75) is 6.92 Å². The standard InChI is InChI=1S/C12H10F2N2/c1-7-5-11(16-6-10(7)15)8-3-2-4-9(13)12(8)14/h2-6H,15H2,1H3. The van der Waals surface area contributed by atoms with E-state index in [0.717, 1.165) is 11.6 Å². The molecule has 0 amide bonds. The molecule has 2 N–H and O–H groups in total. The normalized spacial score (nSPS) is 10.4. The average Bonchev–Trinajstić information content (AvgIpc) is 2.26. The lowest BCUT2D eigenvalue weighted by Gasteiger charge is -2.05. The van der Waals surface area contributed by atoms with Crippen molar-refractivity contribution < 1.29 is 8.78 Å². The summed E-state index contributed by atoms with van der Waals surface area (Å²) in [6.45, 7) is 1.79. The summed E-state index contributed by atoms with van der Waals surface area (Å²) in [4.78, 5) is 3.98. The molecule has 2 nitrogen and oxygen atoms in total. The van der Waals surface area contributed by atoms with Crippen LogP contribution < -0.4 is 5.73 Å². The molecule has 0 fully saturated rings. The molecular weight excluding hydrogens is 210 g/mol. The Kier molecular flexibility index (Phi) is 2.56. The molecular formula is C12H10F2N2. The summed E-state index contributed by atoms with van der Waals surface area (Å²) >= 11 is 0. The molecule has 0 spiro atoms. The number of hydrogen-bond donors (Lipinski definition) is 1. The lowest BCUT2D eigenvalue weighted by Crippen LogP contribution is -1.95. The van der Waals surface area contributed by atoms with Crippen molar-refractivity contribution in [1.29, 1.82) is 0 Å². The first-order valence-corrected chi connectivity index (χ1v) is 4.76. The number of nitrogen functional groups attached to an aromatic ring is 1. The van der Waals surface area contributed by atoms with Crippen molar-refractivity contribution in [3.05, 3.63) is 47.7 Å². The number of benzene rings is 1. The smallest absolute Gasteiger partial charge is 0.168 e. The predicted molar refractivity (Wildman–Crippen MR) is 58.7 cm³/mol. The lowest BCUT2D eigenvalue weighted by molar-refractivity contribution is 0.511. The molecule has 1 heterocycles. The predicted octanol–water partition coefficient (Wildman–Crippen LogP) is 2.92. The Morgan fingerprint density at radius 3 is 2.69 bits per heavy atom. The Balaban J connectivity index is 2.59. The summed E-state index contributed by atoms with van der Waals surface area (Å²) in [7, 11) is 0. The molecule has 0 saturated carbocycles. The molecule has 0 radical (unpaired) electrons. The Bertz CT molecular complexity index is 539. The minimum atomic E-state index is -0.890. The third-order valence-corrected chi connectivity index (χ3v) is 2.38. The van der Waals surface area contributed by atoms with E-state index < -0.39 is 11.6 Å². The van der Waals surface area contributed by atoms with Crippen LogP contribution in [0.1, 0.15) is 5.56 Å². The van der Waals surface area contributed by atoms with Gasteiger partial charge in [-0.25, -0.2) is 8.78 Å². The Morgan fingerprint density at radius 2 is 2.00 bits per heavy atom. The number of halogens is 2. The van der Waals surface area contributed by atoms with Gasteiger partial charge in [0, 0.05) is 5.56 Å². The van der Waals surface area contributed by atoms with Gasteiger partial charge in [0.25, 0.3) is 0 Å². The van der Waals surface area contributed by atoms with Crippen molar-refractivity contribution in [3.8, 4) is 11.3 Å². The number of aryl methyl sites for hydroxylation is 1. The van der Waals surface area contributed by atoms with Gasteiger partial charge in [-0.3, -0.25) is 4.98 Å². The zero-order valence-electron chi connectivity index (χ0n) is 8.67. The molecule has 0 aliphatic carbocycles. The molecule has 2 aromatic rings. The largest absolute Gasteiger partial charge is 0.397 e. The highest BCUT2D eigenvalue weighted by Crippen LogP contribution is 2.24. The van der Waals surface area contributed by atoms with Crippen molar-refractivity contribution in [2.75, 3.05) is 5.73 Å². The minimum absolute atomic E-state index is 0.142. The number of nitrogens with two attached hydrogens (primary N) is 1. The first-order valence-electron chi connectivity index (χ1n) is 4.76. The summed E-state index contributed by atoms with van der Waals surface area (Å²) in [5, 5.41) is 0. The number of aromatic nitrogens is 1. The monoisotopic (exact) mass is 220 g/mol. The molecule has 2 rings (SSSR count). The highest BCUT2D eigenvalue weighted by atomic mass is 19.2. The summed E-state index contributed by atoms with van der Waals surface area (Å²) in [5.41, 5.74) is 7.44. The van der Waals surface area contributed by atoms with Gasteiger partial charge in [0.15, 0.2) is 11.6 Å². The maximum absolute atomic E-state index is 13.5. The van der Waals surface area contributed by atoms with E-state index in [9.17, 15) is 8.78 Å². The first-order chi connectivity index (χ1) is 7.59. The Labute approximate surface area is 91.7 Å². The molecule has 0 aliphatic rings. The fourth-order valence-corrected chi connectivity index (χ4v) is 1.42. The number of anilines is 1. The van der Waals surface area contributed by atoms with Gasteiger partial charge in [-0.2, -0.15) is 0 Å². The van der Waals surface area contributed by atoms with E-state index in [0.29, 0.717) is 11.4 Å². The maximum atomic E-state index is 13.5. The number of nitrogens with zero attached hydrogens (tertiary/aromatic N) is 1. The van der Waals surface area contributed by atoms with Gasteiger partial charge in [0.2, 0.25) is 0 Å². The van der Waals surface area contributed by atoms with Crippen molar-refractivity contribution in [1.82, 2.24) is 4.98 Å². The average molecular weight is 220 g/mol. The van der Waals surface area contributed by atoms with Crippen molar-refractivity contribution in [2.24, 2.45) is 0 Å². The second kappa shape index (κ2) is 3.89. The third-order valence-electron chi connectivity index (χ3n) is 2.38. The second-order valence-electron chi connectivity index (χ2n) is 3.53. The Hall–Kier alpha value is -1.97. The molecule has 16 heavy (non-hydrogen) atoms. The maximum Gasteiger partial charge on any atom is 0.168 e. The van der Waals surface area contributed by atoms with Gasteiger partial charge in [0.05, 0.1) is 17.6 Å². The van der Waals surface area contributed by atoms with Gasteiger partial charge in [-0.05, 0) is 30.7 Å². The van der Waals surface area contributed by atoms with Gasteiger partial charge >= 0.3 is 0 Å². The van der Waals surface area contributed by atoms with Crippen LogP contribution in [0.5, 0.6) is 0 Å². The minimum Gasteiger partial charge on any atom is -0.397 e.